The van der Waals surface area contributed by atoms with Crippen molar-refractivity contribution in [2.45, 2.75) is 18.9 Å². The van der Waals surface area contributed by atoms with Crippen molar-refractivity contribution in [1.82, 2.24) is 4.98 Å². The van der Waals surface area contributed by atoms with Crippen LogP contribution in [0.4, 0.5) is 0 Å². The average Bonchev–Trinajstić information content (AvgIpc) is 2.48. The van der Waals surface area contributed by atoms with Crippen LogP contribution in [0.25, 0.3) is 0 Å². The number of hydrogen-bond acceptors (Lipinski definition) is 3. The van der Waals surface area contributed by atoms with E-state index in [-0.39, 0.29) is 6.10 Å². The zero-order valence-electron chi connectivity index (χ0n) is 11.3. The number of nitrogens with zero attached hydrogens (tertiary/aromatic N) is 1. The first-order chi connectivity index (χ1) is 9.79. The van der Waals surface area contributed by atoms with Crippen molar-refractivity contribution < 1.29 is 4.74 Å². The minimum atomic E-state index is -0.0915. The predicted octanol–water partition coefficient (Wildman–Crippen LogP) is 3.38. The quantitative estimate of drug-likeness (QED) is 0.795. The standard InChI is InChI=1S/C16H19ClN2O/c17-15-5-1-4-14(11-15)16(12-18)20-10-2-3-13-6-8-19-9-7-13/h1,4-9,11,16H,2-3,10,12,18H2. The smallest absolute Gasteiger partial charge is 0.0947 e. The highest BCUT2D eigenvalue weighted by atomic mass is 35.5. The maximum atomic E-state index is 5.98. The molecule has 0 bridgehead atoms. The van der Waals surface area contributed by atoms with E-state index in [0.717, 1.165) is 18.4 Å². The molecule has 4 heteroatoms. The number of rotatable bonds is 7. The Kier molecular flexibility index (Phi) is 5.99. The van der Waals surface area contributed by atoms with Crippen molar-refractivity contribution in [3.8, 4) is 0 Å². The lowest BCUT2D eigenvalue weighted by Crippen LogP contribution is -2.16. The summed E-state index contributed by atoms with van der Waals surface area (Å²) in [5, 5.41) is 0.710. The van der Waals surface area contributed by atoms with Crippen LogP contribution in [0.2, 0.25) is 5.02 Å². The van der Waals surface area contributed by atoms with E-state index in [2.05, 4.69) is 4.98 Å². The fourth-order valence-corrected chi connectivity index (χ4v) is 2.26. The van der Waals surface area contributed by atoms with E-state index in [4.69, 9.17) is 22.1 Å². The fraction of sp³-hybridized carbons (Fsp3) is 0.312. The molecule has 3 nitrogen and oxygen atoms in total. The SMILES string of the molecule is NCC(OCCCc1ccncc1)c1cccc(Cl)c1. The van der Waals surface area contributed by atoms with Gasteiger partial charge in [0.2, 0.25) is 0 Å². The molecule has 1 aromatic carbocycles. The van der Waals surface area contributed by atoms with Gasteiger partial charge in [-0.3, -0.25) is 4.98 Å². The monoisotopic (exact) mass is 290 g/mol. The number of aromatic nitrogens is 1. The van der Waals surface area contributed by atoms with Crippen LogP contribution >= 0.6 is 11.6 Å². The maximum Gasteiger partial charge on any atom is 0.0947 e. The molecule has 0 amide bonds. The Morgan fingerprint density at radius 3 is 2.70 bits per heavy atom. The molecular formula is C16H19ClN2O. The van der Waals surface area contributed by atoms with Crippen LogP contribution < -0.4 is 5.73 Å². The van der Waals surface area contributed by atoms with Crippen molar-refractivity contribution in [2.75, 3.05) is 13.2 Å². The molecule has 0 spiro atoms. The second-order valence-corrected chi connectivity index (χ2v) is 5.05. The van der Waals surface area contributed by atoms with E-state index in [0.29, 0.717) is 18.2 Å². The first-order valence-electron chi connectivity index (χ1n) is 6.75. The molecule has 0 aliphatic rings. The molecule has 1 heterocycles. The van der Waals surface area contributed by atoms with Gasteiger partial charge in [-0.25, -0.2) is 0 Å². The Morgan fingerprint density at radius 1 is 1.20 bits per heavy atom. The zero-order chi connectivity index (χ0) is 14.2. The van der Waals surface area contributed by atoms with Crippen molar-refractivity contribution in [1.29, 1.82) is 0 Å². The molecule has 1 unspecified atom stereocenters. The summed E-state index contributed by atoms with van der Waals surface area (Å²) in [6.45, 7) is 1.13. The molecule has 2 aromatic rings. The summed E-state index contributed by atoms with van der Waals surface area (Å²) in [4.78, 5) is 4.00. The highest BCUT2D eigenvalue weighted by molar-refractivity contribution is 6.30. The lowest BCUT2D eigenvalue weighted by atomic mass is 10.1. The lowest BCUT2D eigenvalue weighted by Gasteiger charge is -2.16. The molecule has 0 saturated carbocycles. The van der Waals surface area contributed by atoms with Crippen molar-refractivity contribution >= 4 is 11.6 Å². The van der Waals surface area contributed by atoms with Gasteiger partial charge in [0.25, 0.3) is 0 Å². The van der Waals surface area contributed by atoms with E-state index in [1.54, 1.807) is 0 Å². The third kappa shape index (κ3) is 4.60. The second kappa shape index (κ2) is 8.00. The topological polar surface area (TPSA) is 48.1 Å². The first-order valence-corrected chi connectivity index (χ1v) is 7.13. The largest absolute Gasteiger partial charge is 0.372 e. The molecule has 0 saturated heterocycles. The van der Waals surface area contributed by atoms with Gasteiger partial charge in [-0.1, -0.05) is 23.7 Å². The van der Waals surface area contributed by atoms with Crippen molar-refractivity contribution in [3.05, 3.63) is 64.9 Å². The number of hydrogen-bond donors (Lipinski definition) is 1. The number of pyridine rings is 1. The zero-order valence-corrected chi connectivity index (χ0v) is 12.1. The second-order valence-electron chi connectivity index (χ2n) is 4.61. The van der Waals surface area contributed by atoms with Crippen LogP contribution in [0.1, 0.15) is 23.7 Å². The van der Waals surface area contributed by atoms with Crippen LogP contribution in [0.5, 0.6) is 0 Å². The maximum absolute atomic E-state index is 5.98. The number of aryl methyl sites for hydroxylation is 1. The van der Waals surface area contributed by atoms with Crippen molar-refractivity contribution in [3.63, 3.8) is 0 Å². The summed E-state index contributed by atoms with van der Waals surface area (Å²) in [7, 11) is 0. The Morgan fingerprint density at radius 2 is 2.00 bits per heavy atom. The molecule has 1 atom stereocenters. The van der Waals surface area contributed by atoms with Gasteiger partial charge in [-0.15, -0.1) is 0 Å². The normalized spacial score (nSPS) is 12.3. The summed E-state index contributed by atoms with van der Waals surface area (Å²) >= 11 is 5.98. The Labute approximate surface area is 124 Å². The number of ether oxygens (including phenoxy) is 1. The minimum Gasteiger partial charge on any atom is -0.372 e. The third-order valence-electron chi connectivity index (χ3n) is 3.11. The number of nitrogens with two attached hydrogens (primary N) is 1. The van der Waals surface area contributed by atoms with Crippen molar-refractivity contribution in [2.24, 2.45) is 5.73 Å². The molecular weight excluding hydrogens is 272 g/mol. The number of halogens is 1. The molecule has 0 aliphatic heterocycles. The van der Waals surface area contributed by atoms with E-state index >= 15 is 0 Å². The van der Waals surface area contributed by atoms with Gasteiger partial charge < -0.3 is 10.5 Å². The third-order valence-corrected chi connectivity index (χ3v) is 3.35. The fourth-order valence-electron chi connectivity index (χ4n) is 2.06. The van der Waals surface area contributed by atoms with E-state index in [9.17, 15) is 0 Å². The van der Waals surface area contributed by atoms with Crippen LogP contribution in [-0.2, 0) is 11.2 Å². The van der Waals surface area contributed by atoms with Gasteiger partial charge in [0.05, 0.1) is 6.10 Å². The minimum absolute atomic E-state index is 0.0915. The molecule has 0 aliphatic carbocycles. The van der Waals surface area contributed by atoms with E-state index in [1.807, 2.05) is 48.8 Å². The average molecular weight is 291 g/mol. The van der Waals surface area contributed by atoms with Crippen LogP contribution in [0.15, 0.2) is 48.8 Å². The molecule has 2 N–H and O–H groups in total. The van der Waals surface area contributed by atoms with Crippen LogP contribution in [0, 0.1) is 0 Å². The van der Waals surface area contributed by atoms with Crippen LogP contribution in [-0.4, -0.2) is 18.1 Å². The molecule has 0 radical (unpaired) electrons. The lowest BCUT2D eigenvalue weighted by molar-refractivity contribution is 0.0571. The Bertz CT molecular complexity index is 519. The highest BCUT2D eigenvalue weighted by Crippen LogP contribution is 2.20. The first kappa shape index (κ1) is 15.0. The van der Waals surface area contributed by atoms with Gasteiger partial charge >= 0.3 is 0 Å². The van der Waals surface area contributed by atoms with Gasteiger partial charge in [-0.2, -0.15) is 0 Å². The predicted molar refractivity (Wildman–Crippen MR) is 81.8 cm³/mol. The molecule has 20 heavy (non-hydrogen) atoms. The van der Waals surface area contributed by atoms with E-state index < -0.39 is 0 Å². The molecule has 0 fully saturated rings. The van der Waals surface area contributed by atoms with E-state index in [1.165, 1.54) is 5.56 Å². The summed E-state index contributed by atoms with van der Waals surface area (Å²) in [6.07, 6.45) is 5.47. The Hall–Kier alpha value is -1.42. The van der Waals surface area contributed by atoms with Gasteiger partial charge in [0.15, 0.2) is 0 Å². The molecule has 2 rings (SSSR count). The summed E-state index contributed by atoms with van der Waals surface area (Å²) in [5.74, 6) is 0. The summed E-state index contributed by atoms with van der Waals surface area (Å²) in [6, 6.07) is 11.7. The Balaban J connectivity index is 1.80. The van der Waals surface area contributed by atoms with Gasteiger partial charge in [-0.05, 0) is 48.2 Å². The molecule has 106 valence electrons. The molecule has 1 aromatic heterocycles. The van der Waals surface area contributed by atoms with Gasteiger partial charge in [0.1, 0.15) is 0 Å². The summed E-state index contributed by atoms with van der Waals surface area (Å²) < 4.78 is 5.85. The highest BCUT2D eigenvalue weighted by Gasteiger charge is 2.10. The number of benzene rings is 1. The van der Waals surface area contributed by atoms with Gasteiger partial charge in [0, 0.05) is 30.6 Å². The van der Waals surface area contributed by atoms with Crippen LogP contribution in [0.3, 0.4) is 0 Å². The summed E-state index contributed by atoms with van der Waals surface area (Å²) in [5.41, 5.74) is 8.08.